The van der Waals surface area contributed by atoms with E-state index in [1.807, 2.05) is 0 Å². The zero-order valence-electron chi connectivity index (χ0n) is 32.2. The minimum Gasteiger partial charge on any atom is -0.456 e. The van der Waals surface area contributed by atoms with E-state index in [0.717, 1.165) is 21.9 Å². The van der Waals surface area contributed by atoms with Crippen molar-refractivity contribution in [3.63, 3.8) is 0 Å². The summed E-state index contributed by atoms with van der Waals surface area (Å²) in [4.78, 5) is 0. The van der Waals surface area contributed by atoms with E-state index in [1.54, 1.807) is 0 Å². The van der Waals surface area contributed by atoms with Crippen LogP contribution in [-0.2, 0) is 0 Å². The van der Waals surface area contributed by atoms with Crippen molar-refractivity contribution < 1.29 is 4.42 Å². The van der Waals surface area contributed by atoms with Crippen LogP contribution < -0.4 is 0 Å². The molecule has 0 N–H and O–H groups in total. The second-order valence-corrected chi connectivity index (χ2v) is 15.5. The third-order valence-electron chi connectivity index (χ3n) is 12.2. The highest BCUT2D eigenvalue weighted by Crippen LogP contribution is 2.51. The summed E-state index contributed by atoms with van der Waals surface area (Å²) in [6.07, 6.45) is 0. The highest BCUT2D eigenvalue weighted by Gasteiger charge is 2.24. The van der Waals surface area contributed by atoms with Gasteiger partial charge in [0.05, 0.1) is 0 Å². The van der Waals surface area contributed by atoms with Gasteiger partial charge in [0.25, 0.3) is 0 Å². The van der Waals surface area contributed by atoms with Crippen LogP contribution in [0.2, 0.25) is 0 Å². The molecular weight excluding hydrogens is 713 g/mol. The number of benzene rings is 11. The quantitative estimate of drug-likeness (QED) is 0.160. The minimum absolute atomic E-state index is 0.882. The summed E-state index contributed by atoms with van der Waals surface area (Å²) in [5.41, 5.74) is 13.9. The fourth-order valence-corrected chi connectivity index (χ4v) is 9.83. The van der Waals surface area contributed by atoms with Gasteiger partial charge in [0.2, 0.25) is 0 Å². The van der Waals surface area contributed by atoms with Crippen LogP contribution in [0.4, 0.5) is 0 Å². The summed E-state index contributed by atoms with van der Waals surface area (Å²) < 4.78 is 6.87. The second-order valence-electron chi connectivity index (χ2n) is 15.5. The molecule has 11 aromatic carbocycles. The van der Waals surface area contributed by atoms with Gasteiger partial charge in [-0.25, -0.2) is 0 Å². The fraction of sp³-hybridized carbons (Fsp3) is 0. The lowest BCUT2D eigenvalue weighted by molar-refractivity contribution is 0.669. The first-order valence-corrected chi connectivity index (χ1v) is 20.3. The van der Waals surface area contributed by atoms with E-state index in [1.165, 1.54) is 98.7 Å². The maximum atomic E-state index is 6.87. The first-order chi connectivity index (χ1) is 29.3. The molecule has 0 amide bonds. The van der Waals surface area contributed by atoms with Crippen LogP contribution in [0.15, 0.2) is 223 Å². The average molecular weight is 749 g/mol. The zero-order valence-corrected chi connectivity index (χ0v) is 32.2. The molecule has 0 radical (unpaired) electrons. The van der Waals surface area contributed by atoms with Crippen LogP contribution in [-0.4, -0.2) is 0 Å². The molecule has 274 valence electrons. The van der Waals surface area contributed by atoms with Crippen molar-refractivity contribution in [2.45, 2.75) is 0 Å². The van der Waals surface area contributed by atoms with Gasteiger partial charge in [0.1, 0.15) is 11.2 Å². The van der Waals surface area contributed by atoms with Crippen molar-refractivity contribution in [1.29, 1.82) is 0 Å². The third kappa shape index (κ3) is 5.18. The molecule has 0 unspecified atom stereocenters. The maximum absolute atomic E-state index is 6.87. The van der Waals surface area contributed by atoms with Gasteiger partial charge in [0, 0.05) is 10.8 Å². The van der Waals surface area contributed by atoms with Crippen LogP contribution in [0, 0.1) is 0 Å². The number of rotatable bonds is 5. The van der Waals surface area contributed by atoms with Gasteiger partial charge in [-0.15, -0.1) is 0 Å². The van der Waals surface area contributed by atoms with Gasteiger partial charge in [-0.2, -0.15) is 0 Å². The largest absolute Gasteiger partial charge is 0.456 e. The Labute approximate surface area is 342 Å². The van der Waals surface area contributed by atoms with E-state index >= 15 is 0 Å². The van der Waals surface area contributed by atoms with Crippen LogP contribution in [0.5, 0.6) is 0 Å². The van der Waals surface area contributed by atoms with E-state index in [4.69, 9.17) is 4.42 Å². The van der Waals surface area contributed by atoms with E-state index in [9.17, 15) is 0 Å². The molecule has 0 saturated carbocycles. The highest BCUT2D eigenvalue weighted by molar-refractivity contribution is 6.30. The Bertz CT molecular complexity index is 3480. The molecule has 0 aliphatic heterocycles. The molecule has 1 heterocycles. The monoisotopic (exact) mass is 748 g/mol. The summed E-state index contributed by atoms with van der Waals surface area (Å²) in [5.74, 6) is 0. The molecule has 1 aromatic heterocycles. The van der Waals surface area contributed by atoms with Crippen molar-refractivity contribution in [2.24, 2.45) is 0 Å². The summed E-state index contributed by atoms with van der Waals surface area (Å²) in [6.45, 7) is 0. The molecule has 0 aliphatic rings. The van der Waals surface area contributed by atoms with Crippen LogP contribution in [0.3, 0.4) is 0 Å². The SMILES string of the molecule is c1ccc(-c2cccc(-c3c4ccccc4c(-c4cccc5oc6cccc(-c7c8ccccc8c(-c8ccccc8)c8ccccc78)c6c45)c4ccccc34)c2)cc1. The number of furan rings is 1. The molecule has 0 bridgehead atoms. The van der Waals surface area contributed by atoms with Crippen molar-refractivity contribution in [3.8, 4) is 55.6 Å². The smallest absolute Gasteiger partial charge is 0.136 e. The van der Waals surface area contributed by atoms with Gasteiger partial charge in [-0.3, -0.25) is 0 Å². The van der Waals surface area contributed by atoms with E-state index in [-0.39, 0.29) is 0 Å². The Morgan fingerprint density at radius 3 is 0.983 bits per heavy atom. The normalized spacial score (nSPS) is 11.7. The standard InChI is InChI=1S/C58H36O/c1-3-18-37(19-4-1)39-22-15-23-40(36-39)54-43-26-9-13-30-47(43)56(48-31-14-10-27-44(48)54)50-33-17-35-52-58(50)57-49(32-16-34-51(57)59-52)55-45-28-11-7-24-41(45)53(38-20-5-2-6-21-38)42-25-8-12-29-46(42)55/h1-36H. The van der Waals surface area contributed by atoms with Gasteiger partial charge in [-0.05, 0) is 117 Å². The van der Waals surface area contributed by atoms with Crippen LogP contribution in [0.1, 0.15) is 0 Å². The molecule has 1 nitrogen and oxygen atoms in total. The Morgan fingerprint density at radius 1 is 0.220 bits per heavy atom. The van der Waals surface area contributed by atoms with Gasteiger partial charge in [0.15, 0.2) is 0 Å². The lowest BCUT2D eigenvalue weighted by Gasteiger charge is -2.19. The second kappa shape index (κ2) is 13.4. The van der Waals surface area contributed by atoms with Gasteiger partial charge < -0.3 is 4.42 Å². The number of fused-ring (bicyclic) bond motifs is 7. The van der Waals surface area contributed by atoms with Crippen LogP contribution >= 0.6 is 0 Å². The average Bonchev–Trinajstić information content (AvgIpc) is 3.70. The van der Waals surface area contributed by atoms with Crippen molar-refractivity contribution in [3.05, 3.63) is 218 Å². The summed E-state index contributed by atoms with van der Waals surface area (Å²) in [6, 6.07) is 79.3. The summed E-state index contributed by atoms with van der Waals surface area (Å²) in [7, 11) is 0. The predicted octanol–water partition coefficient (Wildman–Crippen LogP) is 16.5. The first-order valence-electron chi connectivity index (χ1n) is 20.3. The number of hydrogen-bond acceptors (Lipinski definition) is 1. The zero-order chi connectivity index (χ0) is 38.9. The van der Waals surface area contributed by atoms with Crippen LogP contribution in [0.25, 0.3) is 121 Å². The molecule has 0 atom stereocenters. The predicted molar refractivity (Wildman–Crippen MR) is 251 cm³/mol. The lowest BCUT2D eigenvalue weighted by Crippen LogP contribution is -1.92. The Kier molecular flexibility index (Phi) is 7.61. The molecule has 12 aromatic rings. The van der Waals surface area contributed by atoms with Crippen molar-refractivity contribution in [1.82, 2.24) is 0 Å². The Morgan fingerprint density at radius 2 is 0.542 bits per heavy atom. The van der Waals surface area contributed by atoms with Gasteiger partial charge in [-0.1, -0.05) is 200 Å². The Balaban J connectivity index is 1.18. The fourth-order valence-electron chi connectivity index (χ4n) is 9.83. The molecule has 0 saturated heterocycles. The topological polar surface area (TPSA) is 13.1 Å². The summed E-state index contributed by atoms with van der Waals surface area (Å²) >= 11 is 0. The molecule has 0 aliphatic carbocycles. The Hall–Kier alpha value is -7.74. The molecule has 0 spiro atoms. The van der Waals surface area contributed by atoms with E-state index in [2.05, 4.69) is 218 Å². The maximum Gasteiger partial charge on any atom is 0.136 e. The molecule has 0 fully saturated rings. The van der Waals surface area contributed by atoms with E-state index in [0.29, 0.717) is 0 Å². The van der Waals surface area contributed by atoms with Crippen molar-refractivity contribution in [2.75, 3.05) is 0 Å². The first kappa shape index (κ1) is 33.4. The van der Waals surface area contributed by atoms with Crippen molar-refractivity contribution >= 4 is 65.0 Å². The van der Waals surface area contributed by atoms with Gasteiger partial charge >= 0.3 is 0 Å². The molecular formula is C58H36O. The molecule has 1 heteroatoms. The number of hydrogen-bond donors (Lipinski definition) is 0. The van der Waals surface area contributed by atoms with E-state index < -0.39 is 0 Å². The third-order valence-corrected chi connectivity index (χ3v) is 12.2. The molecule has 59 heavy (non-hydrogen) atoms. The highest BCUT2D eigenvalue weighted by atomic mass is 16.3. The minimum atomic E-state index is 0.882. The lowest BCUT2D eigenvalue weighted by atomic mass is 9.83. The summed E-state index contributed by atoms with van der Waals surface area (Å²) in [5, 5.41) is 12.1. The molecule has 12 rings (SSSR count).